The predicted molar refractivity (Wildman–Crippen MR) is 92.6 cm³/mol. The van der Waals surface area contributed by atoms with Gasteiger partial charge in [-0.1, -0.05) is 0 Å². The van der Waals surface area contributed by atoms with Crippen molar-refractivity contribution in [1.82, 2.24) is 5.32 Å². The summed E-state index contributed by atoms with van der Waals surface area (Å²) in [5.41, 5.74) is 0.826. The molecule has 0 radical (unpaired) electrons. The number of furan rings is 1. The molecule has 1 atom stereocenters. The number of anilines is 1. The summed E-state index contributed by atoms with van der Waals surface area (Å²) in [6, 6.07) is 8.50. The molecular weight excluding hydrogens is 340 g/mol. The molecule has 0 saturated carbocycles. The number of esters is 1. The largest absolute Gasteiger partial charge is 0.480 e. The number of hydrogen-bond donors (Lipinski definition) is 3. The monoisotopic (exact) mass is 360 g/mol. The van der Waals surface area contributed by atoms with Crippen LogP contribution in [-0.2, 0) is 20.9 Å². The zero-order chi connectivity index (χ0) is 18.9. The summed E-state index contributed by atoms with van der Waals surface area (Å²) in [4.78, 5) is 35.0. The Balaban J connectivity index is 1.88. The highest BCUT2D eigenvalue weighted by molar-refractivity contribution is 5.95. The van der Waals surface area contributed by atoms with E-state index < -0.39 is 23.9 Å². The van der Waals surface area contributed by atoms with Crippen molar-refractivity contribution < 1.29 is 28.6 Å². The number of carboxylic acids is 1. The lowest BCUT2D eigenvalue weighted by Crippen LogP contribution is -2.39. The molecule has 8 nitrogen and oxygen atoms in total. The standard InChI is InChI=1S/C18H20N2O6/c1-2-25-18(24)12-5-7-13(8-6-12)20-16(21)10-15(17(22)23)19-11-14-4-3-9-26-14/h3-9,15,19H,2,10-11H2,1H3,(H,20,21)(H,22,23). The predicted octanol–water partition coefficient (Wildman–Crippen LogP) is 2.03. The van der Waals surface area contributed by atoms with Crippen molar-refractivity contribution in [1.29, 1.82) is 0 Å². The maximum Gasteiger partial charge on any atom is 0.338 e. The number of aliphatic carboxylic acids is 1. The number of amides is 1. The highest BCUT2D eigenvalue weighted by atomic mass is 16.5. The quantitative estimate of drug-likeness (QED) is 0.586. The Morgan fingerprint density at radius 2 is 1.92 bits per heavy atom. The van der Waals surface area contributed by atoms with E-state index >= 15 is 0 Å². The lowest BCUT2D eigenvalue weighted by Gasteiger charge is -2.13. The van der Waals surface area contributed by atoms with Gasteiger partial charge in [-0.15, -0.1) is 0 Å². The third-order valence-corrected chi connectivity index (χ3v) is 3.47. The van der Waals surface area contributed by atoms with Crippen LogP contribution in [0.1, 0.15) is 29.5 Å². The van der Waals surface area contributed by atoms with E-state index in [1.54, 1.807) is 31.2 Å². The van der Waals surface area contributed by atoms with Gasteiger partial charge in [0.25, 0.3) is 0 Å². The Morgan fingerprint density at radius 1 is 1.19 bits per heavy atom. The van der Waals surface area contributed by atoms with E-state index in [9.17, 15) is 19.5 Å². The van der Waals surface area contributed by atoms with Gasteiger partial charge in [-0.25, -0.2) is 4.79 Å². The molecule has 0 bridgehead atoms. The number of nitrogens with one attached hydrogen (secondary N) is 2. The summed E-state index contributed by atoms with van der Waals surface area (Å²) in [6.07, 6.45) is 1.23. The van der Waals surface area contributed by atoms with E-state index in [1.807, 2.05) is 0 Å². The molecule has 1 heterocycles. The van der Waals surface area contributed by atoms with Gasteiger partial charge in [-0.05, 0) is 43.3 Å². The van der Waals surface area contributed by atoms with Crippen LogP contribution in [0.4, 0.5) is 5.69 Å². The van der Waals surface area contributed by atoms with E-state index in [-0.39, 0.29) is 19.6 Å². The van der Waals surface area contributed by atoms with E-state index in [2.05, 4.69) is 10.6 Å². The number of hydrogen-bond acceptors (Lipinski definition) is 6. The van der Waals surface area contributed by atoms with Gasteiger partial charge in [-0.3, -0.25) is 14.9 Å². The molecule has 0 saturated heterocycles. The molecular formula is C18H20N2O6. The molecule has 0 spiro atoms. The van der Waals surface area contributed by atoms with Crippen LogP contribution in [0.25, 0.3) is 0 Å². The second-order valence-electron chi connectivity index (χ2n) is 5.40. The number of carboxylic acid groups (broad SMARTS) is 1. The second kappa shape index (κ2) is 9.38. The minimum absolute atomic E-state index is 0.200. The number of carbonyl (C=O) groups is 3. The number of benzene rings is 1. The van der Waals surface area contributed by atoms with Crippen molar-refractivity contribution in [3.63, 3.8) is 0 Å². The Hall–Kier alpha value is -3.13. The summed E-state index contributed by atoms with van der Waals surface area (Å²) < 4.78 is 10.00. The van der Waals surface area contributed by atoms with Gasteiger partial charge in [0.05, 0.1) is 31.4 Å². The molecule has 3 N–H and O–H groups in total. The van der Waals surface area contributed by atoms with Crippen LogP contribution < -0.4 is 10.6 Å². The fourth-order valence-electron chi connectivity index (χ4n) is 2.19. The molecule has 0 aliphatic rings. The summed E-state index contributed by atoms with van der Waals surface area (Å²) in [6.45, 7) is 2.19. The van der Waals surface area contributed by atoms with Gasteiger partial charge in [0, 0.05) is 5.69 Å². The van der Waals surface area contributed by atoms with Gasteiger partial charge < -0.3 is 19.6 Å². The molecule has 26 heavy (non-hydrogen) atoms. The minimum Gasteiger partial charge on any atom is -0.480 e. The van der Waals surface area contributed by atoms with E-state index in [0.717, 1.165) is 0 Å². The van der Waals surface area contributed by atoms with Gasteiger partial charge >= 0.3 is 11.9 Å². The van der Waals surface area contributed by atoms with E-state index in [0.29, 0.717) is 17.0 Å². The van der Waals surface area contributed by atoms with Crippen LogP contribution >= 0.6 is 0 Å². The summed E-state index contributed by atoms with van der Waals surface area (Å²) >= 11 is 0. The number of rotatable bonds is 9. The molecule has 2 rings (SSSR count). The normalized spacial score (nSPS) is 11.6. The molecule has 0 fully saturated rings. The molecule has 8 heteroatoms. The van der Waals surface area contributed by atoms with E-state index in [4.69, 9.17) is 9.15 Å². The first-order valence-electron chi connectivity index (χ1n) is 8.05. The van der Waals surface area contributed by atoms with Crippen molar-refractivity contribution in [2.24, 2.45) is 0 Å². The first kappa shape index (κ1) is 19.2. The molecule has 1 unspecified atom stereocenters. The minimum atomic E-state index is -1.13. The maximum absolute atomic E-state index is 12.1. The SMILES string of the molecule is CCOC(=O)c1ccc(NC(=O)CC(NCc2ccco2)C(=O)O)cc1. The second-order valence-corrected chi connectivity index (χ2v) is 5.40. The first-order valence-corrected chi connectivity index (χ1v) is 8.05. The van der Waals surface area contributed by atoms with Gasteiger partial charge in [0.1, 0.15) is 11.8 Å². The van der Waals surface area contributed by atoms with Gasteiger partial charge in [0.15, 0.2) is 0 Å². The van der Waals surface area contributed by atoms with Gasteiger partial charge in [-0.2, -0.15) is 0 Å². The zero-order valence-electron chi connectivity index (χ0n) is 14.2. The highest BCUT2D eigenvalue weighted by Gasteiger charge is 2.21. The molecule has 0 aliphatic carbocycles. The third-order valence-electron chi connectivity index (χ3n) is 3.47. The van der Waals surface area contributed by atoms with Crippen molar-refractivity contribution >= 4 is 23.5 Å². The maximum atomic E-state index is 12.1. The van der Waals surface area contributed by atoms with Crippen LogP contribution in [0.2, 0.25) is 0 Å². The van der Waals surface area contributed by atoms with Crippen LogP contribution in [0, 0.1) is 0 Å². The summed E-state index contributed by atoms with van der Waals surface area (Å²) in [5, 5.41) is 14.6. The van der Waals surface area contributed by atoms with Crippen molar-refractivity contribution in [3.05, 3.63) is 54.0 Å². The number of ether oxygens (including phenoxy) is 1. The number of carbonyl (C=O) groups excluding carboxylic acids is 2. The van der Waals surface area contributed by atoms with Crippen molar-refractivity contribution in [3.8, 4) is 0 Å². The zero-order valence-corrected chi connectivity index (χ0v) is 14.2. The molecule has 2 aromatic rings. The lowest BCUT2D eigenvalue weighted by atomic mass is 10.1. The molecule has 138 valence electrons. The Morgan fingerprint density at radius 3 is 2.50 bits per heavy atom. The van der Waals surface area contributed by atoms with Crippen LogP contribution in [0.5, 0.6) is 0 Å². The van der Waals surface area contributed by atoms with Crippen molar-refractivity contribution in [2.45, 2.75) is 25.9 Å². The van der Waals surface area contributed by atoms with Gasteiger partial charge in [0.2, 0.25) is 5.91 Å². The van der Waals surface area contributed by atoms with Crippen LogP contribution in [0.3, 0.4) is 0 Å². The first-order chi connectivity index (χ1) is 12.5. The van der Waals surface area contributed by atoms with Crippen LogP contribution in [-0.4, -0.2) is 35.6 Å². The van der Waals surface area contributed by atoms with Crippen molar-refractivity contribution in [2.75, 3.05) is 11.9 Å². The molecule has 0 aliphatic heterocycles. The third kappa shape index (κ3) is 5.75. The molecule has 1 aromatic heterocycles. The Kier molecular flexibility index (Phi) is 6.92. The average molecular weight is 360 g/mol. The smallest absolute Gasteiger partial charge is 0.338 e. The molecule has 1 amide bonds. The summed E-state index contributed by atoms with van der Waals surface area (Å²) in [7, 11) is 0. The fourth-order valence-corrected chi connectivity index (χ4v) is 2.19. The lowest BCUT2D eigenvalue weighted by molar-refractivity contribution is -0.141. The molecule has 1 aromatic carbocycles. The van der Waals surface area contributed by atoms with Crippen LogP contribution in [0.15, 0.2) is 47.1 Å². The summed E-state index contributed by atoms with van der Waals surface area (Å²) in [5.74, 6) is -1.47. The Labute approximate surface area is 150 Å². The topological polar surface area (TPSA) is 118 Å². The average Bonchev–Trinajstić information content (AvgIpc) is 3.12. The van der Waals surface area contributed by atoms with E-state index in [1.165, 1.54) is 18.4 Å². The fraction of sp³-hybridized carbons (Fsp3) is 0.278. The highest BCUT2D eigenvalue weighted by Crippen LogP contribution is 2.11. The Bertz CT molecular complexity index is 740.